The second-order valence-electron chi connectivity index (χ2n) is 6.66. The highest BCUT2D eigenvalue weighted by Gasteiger charge is 2.19. The van der Waals surface area contributed by atoms with Gasteiger partial charge in [-0.1, -0.05) is 18.2 Å². The van der Waals surface area contributed by atoms with E-state index in [-0.39, 0.29) is 17.3 Å². The Morgan fingerprint density at radius 2 is 1.20 bits per heavy atom. The lowest BCUT2D eigenvalue weighted by atomic mass is 10.0. The Hall–Kier alpha value is -4.32. The number of hydrogen-bond acceptors (Lipinski definition) is 6. The Morgan fingerprint density at radius 3 is 1.87 bits per heavy atom. The summed E-state index contributed by atoms with van der Waals surface area (Å²) in [7, 11) is 0. The van der Waals surface area contributed by atoms with E-state index in [2.05, 4.69) is 15.6 Å². The van der Waals surface area contributed by atoms with Gasteiger partial charge in [0.25, 0.3) is 0 Å². The van der Waals surface area contributed by atoms with Gasteiger partial charge >= 0.3 is 0 Å². The molecule has 4 rings (SSSR count). The van der Waals surface area contributed by atoms with Crippen LogP contribution in [0.25, 0.3) is 0 Å². The molecule has 6 heteroatoms. The number of phenolic OH excluding ortho intramolecular Hbond substituents is 2. The lowest BCUT2D eigenvalue weighted by Gasteiger charge is -2.18. The highest BCUT2D eigenvalue weighted by atomic mass is 16.3. The normalized spacial score (nSPS) is 14.8. The minimum absolute atomic E-state index is 0.147. The van der Waals surface area contributed by atoms with Crippen molar-refractivity contribution in [2.45, 2.75) is 0 Å². The van der Waals surface area contributed by atoms with Crippen LogP contribution in [0.2, 0.25) is 0 Å². The van der Waals surface area contributed by atoms with Crippen molar-refractivity contribution >= 4 is 28.6 Å². The van der Waals surface area contributed by atoms with Crippen molar-refractivity contribution in [1.82, 2.24) is 0 Å². The highest BCUT2D eigenvalue weighted by molar-refractivity contribution is 6.24. The summed E-state index contributed by atoms with van der Waals surface area (Å²) in [6.07, 6.45) is 3.17. The molecular weight excluding hydrogens is 378 g/mol. The van der Waals surface area contributed by atoms with Crippen molar-refractivity contribution in [3.05, 3.63) is 102 Å². The largest absolute Gasteiger partial charge is 0.508 e. The molecule has 0 amide bonds. The van der Waals surface area contributed by atoms with Crippen LogP contribution < -0.4 is 10.6 Å². The Morgan fingerprint density at radius 1 is 0.633 bits per heavy atom. The minimum Gasteiger partial charge on any atom is -0.508 e. The fraction of sp³-hybridized carbons (Fsp3) is 0. The Bertz CT molecular complexity index is 1150. The van der Waals surface area contributed by atoms with Crippen LogP contribution >= 0.6 is 0 Å². The van der Waals surface area contributed by atoms with Crippen LogP contribution in [0.1, 0.15) is 0 Å². The first-order chi connectivity index (χ1) is 14.6. The van der Waals surface area contributed by atoms with Gasteiger partial charge in [-0.3, -0.25) is 4.79 Å². The number of para-hydroxylation sites is 1. The molecule has 0 atom stereocenters. The van der Waals surface area contributed by atoms with Crippen LogP contribution in [0.3, 0.4) is 0 Å². The van der Waals surface area contributed by atoms with Gasteiger partial charge in [0.15, 0.2) is 0 Å². The van der Waals surface area contributed by atoms with Crippen LogP contribution in [-0.2, 0) is 4.79 Å². The molecule has 0 saturated carbocycles. The molecule has 4 N–H and O–H groups in total. The molecule has 0 spiro atoms. The van der Waals surface area contributed by atoms with Gasteiger partial charge in [-0.05, 0) is 66.7 Å². The average Bonchev–Trinajstić information content (AvgIpc) is 2.75. The molecule has 0 heterocycles. The smallest absolute Gasteiger partial charge is 0.204 e. The number of nitrogens with one attached hydrogen (secondary N) is 2. The van der Waals surface area contributed by atoms with Crippen LogP contribution in [0.15, 0.2) is 107 Å². The van der Waals surface area contributed by atoms with E-state index in [0.717, 1.165) is 5.69 Å². The summed E-state index contributed by atoms with van der Waals surface area (Å²) in [6, 6.07) is 22.5. The SMILES string of the molecule is O=C1C=C(Nc2ccccc2)/C(=N/c2ccc(O)cc2)C=C1Nc1ccc(O)cc1. The lowest BCUT2D eigenvalue weighted by molar-refractivity contribution is -0.111. The Balaban J connectivity index is 1.68. The first kappa shape index (κ1) is 19.0. The summed E-state index contributed by atoms with van der Waals surface area (Å²) >= 11 is 0. The van der Waals surface area contributed by atoms with Gasteiger partial charge in [-0.25, -0.2) is 4.99 Å². The van der Waals surface area contributed by atoms with Crippen molar-refractivity contribution in [3.8, 4) is 11.5 Å². The number of anilines is 2. The summed E-state index contributed by atoms with van der Waals surface area (Å²) in [4.78, 5) is 17.4. The van der Waals surface area contributed by atoms with Crippen molar-refractivity contribution in [2.75, 3.05) is 10.6 Å². The van der Waals surface area contributed by atoms with Crippen molar-refractivity contribution in [1.29, 1.82) is 0 Å². The fourth-order valence-electron chi connectivity index (χ4n) is 2.90. The molecule has 1 aliphatic carbocycles. The van der Waals surface area contributed by atoms with Gasteiger partial charge in [0.2, 0.25) is 5.78 Å². The monoisotopic (exact) mass is 397 g/mol. The van der Waals surface area contributed by atoms with E-state index in [0.29, 0.717) is 28.5 Å². The molecule has 0 fully saturated rings. The zero-order chi connectivity index (χ0) is 20.9. The molecular formula is C24H19N3O3. The third-order valence-corrected chi connectivity index (χ3v) is 4.40. The van der Waals surface area contributed by atoms with E-state index >= 15 is 0 Å². The number of carbonyl (C=O) groups is 1. The number of benzene rings is 3. The first-order valence-electron chi connectivity index (χ1n) is 9.31. The first-order valence-corrected chi connectivity index (χ1v) is 9.31. The van der Waals surface area contributed by atoms with Crippen LogP contribution in [0.5, 0.6) is 11.5 Å². The number of carbonyl (C=O) groups excluding carboxylic acids is 1. The molecule has 148 valence electrons. The molecule has 0 aliphatic heterocycles. The Labute approximate surface area is 173 Å². The van der Waals surface area contributed by atoms with E-state index < -0.39 is 0 Å². The lowest BCUT2D eigenvalue weighted by Crippen LogP contribution is -2.22. The van der Waals surface area contributed by atoms with Crippen LogP contribution in [0, 0.1) is 0 Å². The van der Waals surface area contributed by atoms with Gasteiger partial charge in [0.05, 0.1) is 22.8 Å². The van der Waals surface area contributed by atoms with E-state index in [9.17, 15) is 15.0 Å². The second-order valence-corrected chi connectivity index (χ2v) is 6.66. The number of ketones is 1. The molecule has 0 aromatic heterocycles. The average molecular weight is 397 g/mol. The maximum atomic E-state index is 12.7. The van der Waals surface area contributed by atoms with Crippen LogP contribution in [0.4, 0.5) is 17.1 Å². The van der Waals surface area contributed by atoms with E-state index in [1.807, 2.05) is 30.3 Å². The maximum Gasteiger partial charge on any atom is 0.204 e. The standard InChI is InChI=1S/C24H19N3O3/c28-19-10-6-17(7-11-19)26-21-14-23(27-18-8-12-20(29)13-9-18)24(30)15-22(21)25-16-4-2-1-3-5-16/h1-15,25,27-29H/b26-21+. The van der Waals surface area contributed by atoms with Crippen molar-refractivity contribution < 1.29 is 15.0 Å². The highest BCUT2D eigenvalue weighted by Crippen LogP contribution is 2.24. The van der Waals surface area contributed by atoms with Crippen molar-refractivity contribution in [2.24, 2.45) is 4.99 Å². The van der Waals surface area contributed by atoms with Gasteiger partial charge in [0.1, 0.15) is 11.5 Å². The molecule has 0 radical (unpaired) electrons. The van der Waals surface area contributed by atoms with Crippen LogP contribution in [-0.4, -0.2) is 21.7 Å². The number of rotatable bonds is 5. The van der Waals surface area contributed by atoms with Gasteiger partial charge < -0.3 is 20.8 Å². The zero-order valence-electron chi connectivity index (χ0n) is 15.9. The summed E-state index contributed by atoms with van der Waals surface area (Å²) < 4.78 is 0. The number of nitrogens with zero attached hydrogens (tertiary/aromatic N) is 1. The van der Waals surface area contributed by atoms with E-state index in [4.69, 9.17) is 0 Å². The zero-order valence-corrected chi connectivity index (χ0v) is 15.9. The summed E-state index contributed by atoms with van der Waals surface area (Å²) in [5.74, 6) is 0.0978. The number of aliphatic imine (C=N–C) groups is 1. The summed E-state index contributed by atoms with van der Waals surface area (Å²) in [5, 5.41) is 25.3. The molecule has 0 bridgehead atoms. The third kappa shape index (κ3) is 4.56. The molecule has 3 aromatic rings. The predicted octanol–water partition coefficient (Wildman–Crippen LogP) is 4.75. The molecule has 3 aromatic carbocycles. The molecule has 0 saturated heterocycles. The van der Waals surface area contributed by atoms with Gasteiger partial charge in [0, 0.05) is 17.5 Å². The molecule has 30 heavy (non-hydrogen) atoms. The number of phenols is 2. The summed E-state index contributed by atoms with van der Waals surface area (Å²) in [6.45, 7) is 0. The number of aromatic hydroxyl groups is 2. The van der Waals surface area contributed by atoms with E-state index in [1.165, 1.54) is 6.08 Å². The molecule has 0 unspecified atom stereocenters. The molecule has 6 nitrogen and oxygen atoms in total. The molecule has 1 aliphatic rings. The second kappa shape index (κ2) is 8.36. The minimum atomic E-state index is -0.203. The number of allylic oxidation sites excluding steroid dienone is 2. The van der Waals surface area contributed by atoms with Crippen molar-refractivity contribution in [3.63, 3.8) is 0 Å². The topological polar surface area (TPSA) is 94.0 Å². The van der Waals surface area contributed by atoms with Gasteiger partial charge in [-0.2, -0.15) is 0 Å². The Kier molecular flexibility index (Phi) is 5.30. The van der Waals surface area contributed by atoms with E-state index in [1.54, 1.807) is 54.6 Å². The predicted molar refractivity (Wildman–Crippen MR) is 118 cm³/mol. The maximum absolute atomic E-state index is 12.7. The third-order valence-electron chi connectivity index (χ3n) is 4.40. The number of hydrogen-bond donors (Lipinski definition) is 4. The quantitative estimate of drug-likeness (QED) is 0.368. The fourth-order valence-corrected chi connectivity index (χ4v) is 2.90. The summed E-state index contributed by atoms with van der Waals surface area (Å²) in [5.41, 5.74) is 3.62. The van der Waals surface area contributed by atoms with Gasteiger partial charge in [-0.15, -0.1) is 0 Å².